The summed E-state index contributed by atoms with van der Waals surface area (Å²) in [5.74, 6) is -0.260. The second-order valence-electron chi connectivity index (χ2n) is 14.8. The summed E-state index contributed by atoms with van der Waals surface area (Å²) in [6.07, 6.45) is 0.594. The largest absolute Gasteiger partial charge is 0.507 e. The Morgan fingerprint density at radius 1 is 0.491 bits per heavy atom. The summed E-state index contributed by atoms with van der Waals surface area (Å²) in [6, 6.07) is 3.93. The number of hydrogen-bond donors (Lipinski definition) is 4. The summed E-state index contributed by atoms with van der Waals surface area (Å²) < 4.78 is 37.0. The van der Waals surface area contributed by atoms with Gasteiger partial charge >= 0.3 is 0 Å². The molecular weight excluding hydrogens is 701 g/mol. The lowest BCUT2D eigenvalue weighted by Crippen LogP contribution is -2.55. The third-order valence-corrected chi connectivity index (χ3v) is 16.5. The first kappa shape index (κ1) is 38.9. The van der Waals surface area contributed by atoms with E-state index >= 15 is 0 Å². The molecule has 53 heavy (non-hydrogen) atoms. The lowest BCUT2D eigenvalue weighted by atomic mass is 9.86. The number of aromatic hydroxyl groups is 4. The molecule has 4 N–H and O–H groups in total. The molecule has 2 aromatic rings. The smallest absolute Gasteiger partial charge is 0.228 e. The van der Waals surface area contributed by atoms with Crippen molar-refractivity contribution in [3.8, 4) is 23.0 Å². The van der Waals surface area contributed by atoms with Crippen LogP contribution in [0.15, 0.2) is 12.1 Å². The van der Waals surface area contributed by atoms with E-state index in [0.29, 0.717) is 108 Å². The van der Waals surface area contributed by atoms with E-state index in [9.17, 15) is 20.4 Å². The summed E-state index contributed by atoms with van der Waals surface area (Å²) in [4.78, 5) is 4.53. The van der Waals surface area contributed by atoms with E-state index in [4.69, 9.17) is 23.7 Å². The van der Waals surface area contributed by atoms with Crippen LogP contribution in [-0.2, 0) is 36.8 Å². The number of benzene rings is 2. The average Bonchev–Trinajstić information content (AvgIpc) is 3.21. The minimum Gasteiger partial charge on any atom is -0.507 e. The van der Waals surface area contributed by atoms with Crippen molar-refractivity contribution in [1.82, 2.24) is 23.8 Å². The number of hydrogen-bond acceptors (Lipinski definition) is 14. The lowest BCUT2D eigenvalue weighted by Gasteiger charge is -2.51. The molecule has 0 saturated carbocycles. The average molecular weight is 761 g/mol. The number of ether oxygens (including phenoxy) is 5. The molecule has 5 saturated heterocycles. The van der Waals surface area contributed by atoms with Crippen LogP contribution in [0, 0.1) is 13.8 Å². The van der Waals surface area contributed by atoms with Crippen LogP contribution in [0.3, 0.4) is 0 Å². The Kier molecular flexibility index (Phi) is 13.0. The zero-order chi connectivity index (χ0) is 37.0. The van der Waals surface area contributed by atoms with E-state index in [0.717, 1.165) is 76.6 Å². The first-order valence-corrected chi connectivity index (χ1v) is 21.2. The maximum Gasteiger partial charge on any atom is 0.228 e. The van der Waals surface area contributed by atoms with Crippen molar-refractivity contribution in [3.63, 3.8) is 0 Å². The Labute approximate surface area is 314 Å². The number of rotatable bonds is 11. The molecule has 0 aliphatic carbocycles. The van der Waals surface area contributed by atoms with Crippen molar-refractivity contribution in [1.29, 1.82) is 0 Å². The third kappa shape index (κ3) is 8.29. The Morgan fingerprint density at radius 2 is 0.792 bits per heavy atom. The number of phenolic OH excluding ortho intramolecular Hbond substituents is 4. The van der Waals surface area contributed by atoms with Crippen molar-refractivity contribution >= 4 is 7.71 Å². The van der Waals surface area contributed by atoms with E-state index in [1.165, 1.54) is 0 Å². The van der Waals surface area contributed by atoms with Crippen LogP contribution in [0.2, 0.25) is 0 Å². The van der Waals surface area contributed by atoms with Crippen molar-refractivity contribution in [2.45, 2.75) is 32.9 Å². The van der Waals surface area contributed by atoms with Gasteiger partial charge in [-0.2, -0.15) is 0 Å². The topological polar surface area (TPSA) is 143 Å². The van der Waals surface area contributed by atoms with E-state index in [1.54, 1.807) is 13.8 Å². The van der Waals surface area contributed by atoms with Crippen LogP contribution >= 0.6 is 7.71 Å². The summed E-state index contributed by atoms with van der Waals surface area (Å²) in [6.45, 7) is 18.4. The molecule has 0 spiro atoms. The number of nitrogens with zero attached hydrogens (tertiary/aromatic N) is 5. The van der Waals surface area contributed by atoms with E-state index in [1.807, 2.05) is 12.1 Å². The fraction of sp³-hybridized carbons (Fsp3) is 0.684. The van der Waals surface area contributed by atoms with E-state index in [2.05, 4.69) is 23.8 Å². The van der Waals surface area contributed by atoms with Crippen LogP contribution in [0.25, 0.3) is 0 Å². The molecule has 0 radical (unpaired) electrons. The first-order chi connectivity index (χ1) is 25.8. The van der Waals surface area contributed by atoms with Gasteiger partial charge in [-0.25, -0.2) is 0 Å². The second kappa shape index (κ2) is 17.6. The molecule has 7 rings (SSSR count). The molecule has 0 atom stereocenters. The molecule has 0 unspecified atom stereocenters. The van der Waals surface area contributed by atoms with Crippen LogP contribution in [0.1, 0.15) is 39.3 Å². The summed E-state index contributed by atoms with van der Waals surface area (Å²) in [5, 5.41) is 47.4. The molecule has 294 valence electrons. The lowest BCUT2D eigenvalue weighted by molar-refractivity contribution is 0.0338. The highest BCUT2D eigenvalue weighted by atomic mass is 31.2. The Bertz CT molecular complexity index is 1410. The first-order valence-electron chi connectivity index (χ1n) is 19.3. The molecule has 5 heterocycles. The fourth-order valence-electron chi connectivity index (χ4n) is 8.67. The van der Waals surface area contributed by atoms with Gasteiger partial charge in [0.2, 0.25) is 7.71 Å². The van der Waals surface area contributed by atoms with Gasteiger partial charge in [0.15, 0.2) is 0 Å². The molecule has 5 aliphatic rings. The molecule has 5 fully saturated rings. The van der Waals surface area contributed by atoms with Gasteiger partial charge in [-0.3, -0.25) is 9.80 Å². The predicted octanol–water partition coefficient (Wildman–Crippen LogP) is 2.68. The summed E-state index contributed by atoms with van der Waals surface area (Å²) in [7, 11) is -2.44. The van der Waals surface area contributed by atoms with Crippen molar-refractivity contribution < 1.29 is 44.1 Å². The van der Waals surface area contributed by atoms with Crippen molar-refractivity contribution in [2.24, 2.45) is 0 Å². The minimum absolute atomic E-state index is 0.0297. The van der Waals surface area contributed by atoms with Gasteiger partial charge in [-0.05, 0) is 26.0 Å². The molecular formula is C38H59N5O9P+. The molecule has 0 aromatic heterocycles. The third-order valence-electron chi connectivity index (χ3n) is 11.7. The van der Waals surface area contributed by atoms with Gasteiger partial charge < -0.3 is 44.1 Å². The van der Waals surface area contributed by atoms with Crippen molar-refractivity contribution in [2.75, 3.05) is 138 Å². The zero-order valence-corrected chi connectivity index (χ0v) is 32.4. The Morgan fingerprint density at radius 3 is 1.11 bits per heavy atom. The predicted molar refractivity (Wildman–Crippen MR) is 202 cm³/mol. The van der Waals surface area contributed by atoms with Gasteiger partial charge in [0.25, 0.3) is 0 Å². The molecule has 2 aromatic carbocycles. The molecule has 0 amide bonds. The highest BCUT2D eigenvalue weighted by Gasteiger charge is 2.59. The maximum atomic E-state index is 12.2. The van der Waals surface area contributed by atoms with Crippen LogP contribution in [0.4, 0.5) is 0 Å². The van der Waals surface area contributed by atoms with Crippen LogP contribution in [0.5, 0.6) is 23.0 Å². The molecule has 5 aliphatic heterocycles. The highest BCUT2D eigenvalue weighted by molar-refractivity contribution is 7.69. The quantitative estimate of drug-likeness (QED) is 0.250. The van der Waals surface area contributed by atoms with Gasteiger partial charge in [0.05, 0.1) is 111 Å². The van der Waals surface area contributed by atoms with Crippen LogP contribution < -0.4 is 0 Å². The Balaban J connectivity index is 1.42. The summed E-state index contributed by atoms with van der Waals surface area (Å²) >= 11 is 0. The summed E-state index contributed by atoms with van der Waals surface area (Å²) in [5.41, 5.74) is 3.65. The minimum atomic E-state index is -2.44. The van der Waals surface area contributed by atoms with Gasteiger partial charge in [0.1, 0.15) is 29.2 Å². The van der Waals surface area contributed by atoms with Crippen LogP contribution in [-0.4, -0.2) is 182 Å². The standard InChI is InChI=1S/C38H58N5O9P/c1-28-35(44)30(25-39-3-13-48-14-4-39)23-32(37(28)46)34(33-24-31(36(45)29(2)38(33)47)26-40-5-15-49-16-6-40)27-53(41-7-17-50-18-8-41,42-9-19-51-20-10-42)43-11-21-52-22-12-43/h23-24,34H,3-22,25-27H2,1-2H3,(H3-,44,45,46,47)/p+1. The SMILES string of the molecule is Cc1c(O)c(CN2CCOCC2)cc(C(C[P+](N2CCOCC2)(N2CCOCC2)N2CCOCC2)c2cc(CN3CCOCC3)c(O)c(C)c2O)c1O. The highest BCUT2D eigenvalue weighted by Crippen LogP contribution is 2.70. The van der Waals surface area contributed by atoms with E-state index < -0.39 is 13.6 Å². The number of phenols is 4. The Hall–Kier alpha value is -2.33. The normalized spacial score (nSPS) is 22.5. The molecule has 14 nitrogen and oxygen atoms in total. The fourth-order valence-corrected chi connectivity index (χ4v) is 13.7. The molecule has 0 bridgehead atoms. The monoisotopic (exact) mass is 760 g/mol. The maximum absolute atomic E-state index is 12.2. The van der Waals surface area contributed by atoms with Gasteiger partial charge in [-0.15, -0.1) is 14.0 Å². The van der Waals surface area contributed by atoms with Crippen molar-refractivity contribution in [3.05, 3.63) is 45.5 Å². The van der Waals surface area contributed by atoms with Gasteiger partial charge in [-0.1, -0.05) is 0 Å². The number of morpholine rings is 5. The van der Waals surface area contributed by atoms with Gasteiger partial charge in [0, 0.05) is 72.6 Å². The second-order valence-corrected chi connectivity index (χ2v) is 18.2. The zero-order valence-electron chi connectivity index (χ0n) is 31.5. The van der Waals surface area contributed by atoms with E-state index in [-0.39, 0.29) is 23.0 Å². The molecule has 15 heteroatoms.